The first kappa shape index (κ1) is 19.0. The Morgan fingerprint density at radius 2 is 1.70 bits per heavy atom. The molecule has 0 aromatic heterocycles. The van der Waals surface area contributed by atoms with Crippen LogP contribution >= 0.6 is 0 Å². The Morgan fingerprint density at radius 1 is 1.17 bits per heavy atom. The highest BCUT2D eigenvalue weighted by Gasteiger charge is 2.19. The number of rotatable bonds is 5. The molecule has 0 heterocycles. The molecule has 0 spiro atoms. The van der Waals surface area contributed by atoms with Gasteiger partial charge in [0.05, 0.1) is 0 Å². The summed E-state index contributed by atoms with van der Waals surface area (Å²) in [5.74, 6) is -5.00. The number of hydrogen-bond acceptors (Lipinski definition) is 3. The molecular weight excluding hydrogens is 311 g/mol. The summed E-state index contributed by atoms with van der Waals surface area (Å²) in [4.78, 5) is 23.4. The highest BCUT2D eigenvalue weighted by molar-refractivity contribution is 5.96. The lowest BCUT2D eigenvalue weighted by atomic mass is 10.0. The number of ketones is 1. The molecule has 0 bridgehead atoms. The molecule has 0 unspecified atom stereocenters. The molecule has 4 nitrogen and oxygen atoms in total. The predicted octanol–water partition coefficient (Wildman–Crippen LogP) is 3.98. The van der Waals surface area contributed by atoms with Gasteiger partial charge < -0.3 is 10.1 Å². The van der Waals surface area contributed by atoms with E-state index in [4.69, 9.17) is 4.74 Å². The summed E-state index contributed by atoms with van der Waals surface area (Å²) >= 11 is 0. The van der Waals surface area contributed by atoms with Crippen LogP contribution in [0.2, 0.25) is 0 Å². The molecule has 0 aliphatic rings. The standard InChI is InChI=1S/C16H20F3NO3/c1-9(23-15(22)20-16(2,3)4)5-6-13(21)10-7-11(17)14(19)12(18)8-10/h7-9H,5-6H2,1-4H3,(H,20,22)/t9-/m0/s1. The summed E-state index contributed by atoms with van der Waals surface area (Å²) in [6.45, 7) is 6.97. The van der Waals surface area contributed by atoms with Gasteiger partial charge in [-0.15, -0.1) is 0 Å². The second-order valence-electron chi connectivity index (χ2n) is 6.31. The number of carbonyl (C=O) groups is 2. The fraction of sp³-hybridized carbons (Fsp3) is 0.500. The number of benzene rings is 1. The quantitative estimate of drug-likeness (QED) is 0.656. The molecule has 0 fully saturated rings. The lowest BCUT2D eigenvalue weighted by Crippen LogP contribution is -2.42. The Labute approximate surface area is 133 Å². The molecule has 1 rings (SSSR count). The minimum Gasteiger partial charge on any atom is -0.447 e. The second kappa shape index (κ2) is 7.48. The molecule has 1 amide bonds. The molecule has 1 aromatic carbocycles. The zero-order chi connectivity index (χ0) is 17.8. The number of hydrogen-bond donors (Lipinski definition) is 1. The van der Waals surface area contributed by atoms with Crippen molar-refractivity contribution in [2.45, 2.75) is 52.2 Å². The number of carbonyl (C=O) groups excluding carboxylic acids is 2. The van der Waals surface area contributed by atoms with Crippen molar-refractivity contribution in [3.05, 3.63) is 35.1 Å². The van der Waals surface area contributed by atoms with Crippen LogP contribution in [0.3, 0.4) is 0 Å². The Bertz CT molecular complexity index is 574. The van der Waals surface area contributed by atoms with Gasteiger partial charge >= 0.3 is 6.09 Å². The minimum atomic E-state index is -1.61. The Morgan fingerprint density at radius 3 is 2.17 bits per heavy atom. The number of ether oxygens (including phenoxy) is 1. The minimum absolute atomic E-state index is 0.0888. The predicted molar refractivity (Wildman–Crippen MR) is 78.7 cm³/mol. The monoisotopic (exact) mass is 331 g/mol. The van der Waals surface area contributed by atoms with Gasteiger partial charge in [-0.2, -0.15) is 0 Å². The van der Waals surface area contributed by atoms with E-state index in [0.717, 1.165) is 0 Å². The normalized spacial score (nSPS) is 12.7. The smallest absolute Gasteiger partial charge is 0.407 e. The van der Waals surface area contributed by atoms with E-state index < -0.39 is 41.0 Å². The van der Waals surface area contributed by atoms with E-state index in [9.17, 15) is 22.8 Å². The Hall–Kier alpha value is -2.05. The van der Waals surface area contributed by atoms with Crippen LogP contribution in [0.5, 0.6) is 0 Å². The van der Waals surface area contributed by atoms with Crippen molar-refractivity contribution < 1.29 is 27.5 Å². The number of Topliss-reactive ketones (excluding diaryl/α,β-unsaturated/α-hetero) is 1. The van der Waals surface area contributed by atoms with Crippen molar-refractivity contribution >= 4 is 11.9 Å². The van der Waals surface area contributed by atoms with Crippen LogP contribution in [0.1, 0.15) is 50.9 Å². The van der Waals surface area contributed by atoms with Crippen molar-refractivity contribution in [2.24, 2.45) is 0 Å². The van der Waals surface area contributed by atoms with Gasteiger partial charge in [0.1, 0.15) is 6.10 Å². The molecule has 23 heavy (non-hydrogen) atoms. The van der Waals surface area contributed by atoms with Gasteiger partial charge in [-0.25, -0.2) is 18.0 Å². The molecular formula is C16H20F3NO3. The highest BCUT2D eigenvalue weighted by Crippen LogP contribution is 2.16. The van der Waals surface area contributed by atoms with Crippen LogP contribution in [0.4, 0.5) is 18.0 Å². The van der Waals surface area contributed by atoms with E-state index in [0.29, 0.717) is 12.1 Å². The average Bonchev–Trinajstić information content (AvgIpc) is 2.39. The van der Waals surface area contributed by atoms with E-state index in [-0.39, 0.29) is 18.4 Å². The fourth-order valence-electron chi connectivity index (χ4n) is 1.77. The maximum absolute atomic E-state index is 13.1. The lowest BCUT2D eigenvalue weighted by molar-refractivity contribution is 0.0842. The SMILES string of the molecule is C[C@@H](CCC(=O)c1cc(F)c(F)c(F)c1)OC(=O)NC(C)(C)C. The van der Waals surface area contributed by atoms with Crippen molar-refractivity contribution in [1.82, 2.24) is 5.32 Å². The largest absolute Gasteiger partial charge is 0.447 e. The van der Waals surface area contributed by atoms with Gasteiger partial charge in [-0.05, 0) is 46.2 Å². The van der Waals surface area contributed by atoms with Crippen molar-refractivity contribution in [1.29, 1.82) is 0 Å². The molecule has 0 saturated carbocycles. The summed E-state index contributed by atoms with van der Waals surface area (Å²) in [6, 6.07) is 1.30. The molecule has 0 aliphatic carbocycles. The first-order valence-electron chi connectivity index (χ1n) is 7.16. The van der Waals surface area contributed by atoms with Crippen molar-refractivity contribution in [3.8, 4) is 0 Å². The maximum atomic E-state index is 13.1. The third-order valence-electron chi connectivity index (χ3n) is 2.87. The van der Waals surface area contributed by atoms with Crippen molar-refractivity contribution in [3.63, 3.8) is 0 Å². The average molecular weight is 331 g/mol. The molecule has 0 radical (unpaired) electrons. The van der Waals surface area contributed by atoms with Gasteiger partial charge in [0.2, 0.25) is 0 Å². The second-order valence-corrected chi connectivity index (χ2v) is 6.31. The Kier molecular flexibility index (Phi) is 6.18. The topological polar surface area (TPSA) is 55.4 Å². The zero-order valence-electron chi connectivity index (χ0n) is 13.5. The van der Waals surface area contributed by atoms with E-state index in [2.05, 4.69) is 5.32 Å². The van der Waals surface area contributed by atoms with Crippen LogP contribution in [-0.2, 0) is 4.74 Å². The van der Waals surface area contributed by atoms with Gasteiger partial charge in [0.25, 0.3) is 0 Å². The third-order valence-corrected chi connectivity index (χ3v) is 2.87. The van der Waals surface area contributed by atoms with Gasteiger partial charge in [0.15, 0.2) is 23.2 Å². The van der Waals surface area contributed by atoms with Crippen LogP contribution in [0.25, 0.3) is 0 Å². The fourth-order valence-corrected chi connectivity index (χ4v) is 1.77. The molecule has 1 N–H and O–H groups in total. The highest BCUT2D eigenvalue weighted by atomic mass is 19.2. The van der Waals surface area contributed by atoms with E-state index in [1.165, 1.54) is 0 Å². The summed E-state index contributed by atoms with van der Waals surface area (Å²) in [7, 11) is 0. The maximum Gasteiger partial charge on any atom is 0.407 e. The zero-order valence-corrected chi connectivity index (χ0v) is 13.5. The first-order valence-corrected chi connectivity index (χ1v) is 7.16. The van der Waals surface area contributed by atoms with Crippen molar-refractivity contribution in [2.75, 3.05) is 0 Å². The van der Waals surface area contributed by atoms with Crippen LogP contribution in [0.15, 0.2) is 12.1 Å². The van der Waals surface area contributed by atoms with Gasteiger partial charge in [-0.1, -0.05) is 0 Å². The summed E-state index contributed by atoms with van der Waals surface area (Å²) < 4.78 is 44.1. The van der Waals surface area contributed by atoms with Crippen LogP contribution in [-0.4, -0.2) is 23.5 Å². The summed E-state index contributed by atoms with van der Waals surface area (Å²) in [5.41, 5.74) is -0.705. The molecule has 128 valence electrons. The van der Waals surface area contributed by atoms with Crippen LogP contribution in [0, 0.1) is 17.5 Å². The molecule has 0 aliphatic heterocycles. The van der Waals surface area contributed by atoms with E-state index in [1.807, 2.05) is 0 Å². The number of alkyl carbamates (subject to hydrolysis) is 1. The van der Waals surface area contributed by atoms with E-state index in [1.54, 1.807) is 27.7 Å². The van der Waals surface area contributed by atoms with Gasteiger partial charge in [0, 0.05) is 17.5 Å². The number of amides is 1. The van der Waals surface area contributed by atoms with Crippen LogP contribution < -0.4 is 5.32 Å². The summed E-state index contributed by atoms with van der Waals surface area (Å²) in [5, 5.41) is 2.60. The molecule has 1 atom stereocenters. The lowest BCUT2D eigenvalue weighted by Gasteiger charge is -2.22. The molecule has 0 saturated heterocycles. The Balaban J connectivity index is 2.54. The summed E-state index contributed by atoms with van der Waals surface area (Å²) in [6.07, 6.45) is -1.08. The number of nitrogens with one attached hydrogen (secondary N) is 1. The molecule has 7 heteroatoms. The van der Waals surface area contributed by atoms with E-state index >= 15 is 0 Å². The molecule has 1 aromatic rings. The first-order chi connectivity index (χ1) is 10.5. The van der Waals surface area contributed by atoms with Gasteiger partial charge in [-0.3, -0.25) is 4.79 Å². The number of halogens is 3. The third kappa shape index (κ3) is 6.30.